The molecule has 0 spiro atoms. The molecule has 0 saturated carbocycles. The minimum Gasteiger partial charge on any atom is -0.453 e. The second-order valence-corrected chi connectivity index (χ2v) is 9.60. The van der Waals surface area contributed by atoms with Crippen molar-refractivity contribution in [1.29, 1.82) is 0 Å². The topological polar surface area (TPSA) is 78.0 Å². The van der Waals surface area contributed by atoms with Crippen molar-refractivity contribution in [2.24, 2.45) is 0 Å². The lowest BCUT2D eigenvalue weighted by molar-refractivity contribution is 0.0802. The molecule has 8 nitrogen and oxygen atoms in total. The molecule has 3 aromatic rings. The van der Waals surface area contributed by atoms with Gasteiger partial charge in [-0.2, -0.15) is 0 Å². The first kappa shape index (κ1) is 25.8. The number of hydrogen-bond acceptors (Lipinski definition) is 7. The van der Waals surface area contributed by atoms with Crippen molar-refractivity contribution in [3.63, 3.8) is 0 Å². The third-order valence-electron chi connectivity index (χ3n) is 6.57. The van der Waals surface area contributed by atoms with Crippen molar-refractivity contribution in [2.45, 2.75) is 19.5 Å². The molecule has 2 amide bonds. The van der Waals surface area contributed by atoms with E-state index in [0.717, 1.165) is 49.5 Å². The molecule has 2 aromatic carbocycles. The largest absolute Gasteiger partial charge is 0.453 e. The van der Waals surface area contributed by atoms with E-state index >= 15 is 0 Å². The van der Waals surface area contributed by atoms with Gasteiger partial charge in [0.05, 0.1) is 24.4 Å². The zero-order chi connectivity index (χ0) is 25.5. The summed E-state index contributed by atoms with van der Waals surface area (Å²) in [5.41, 5.74) is 6.53. The minimum absolute atomic E-state index is 0.0144. The number of aromatic nitrogens is 1. The van der Waals surface area contributed by atoms with Gasteiger partial charge in [-0.3, -0.25) is 19.9 Å². The molecule has 36 heavy (non-hydrogen) atoms. The molecule has 1 fully saturated rings. The summed E-state index contributed by atoms with van der Waals surface area (Å²) >= 11 is 1.63. The van der Waals surface area contributed by atoms with Crippen LogP contribution in [-0.4, -0.2) is 78.6 Å². The number of rotatable bonds is 8. The summed E-state index contributed by atoms with van der Waals surface area (Å²) < 4.78 is 4.77. The molecule has 1 atom stereocenters. The van der Waals surface area contributed by atoms with Crippen LogP contribution >= 0.6 is 11.3 Å². The Morgan fingerprint density at radius 2 is 1.86 bits per heavy atom. The highest BCUT2D eigenvalue weighted by molar-refractivity contribution is 7.07. The fourth-order valence-electron chi connectivity index (χ4n) is 4.47. The van der Waals surface area contributed by atoms with Crippen molar-refractivity contribution in [3.05, 3.63) is 81.8 Å². The standard InChI is InChI=1S/C27H33N5O3S/c1-4-30(2)26(33)21-10-8-20(9-11-21)25(22-6-5-7-23(16-22)29-27(34)35-3)32-14-12-31(13-15-32)17-24-18-36-19-28-24/h5-11,16,18-19,25H,4,12-15,17H2,1-3H3,(H,29,34). The van der Waals surface area contributed by atoms with Crippen LogP contribution in [0.5, 0.6) is 0 Å². The van der Waals surface area contributed by atoms with Crippen LogP contribution in [0.25, 0.3) is 0 Å². The molecule has 2 heterocycles. The quantitative estimate of drug-likeness (QED) is 0.489. The number of methoxy groups -OCH3 is 1. The van der Waals surface area contributed by atoms with Gasteiger partial charge in [0.1, 0.15) is 0 Å². The summed E-state index contributed by atoms with van der Waals surface area (Å²) in [6.45, 7) is 7.14. The number of amides is 2. The van der Waals surface area contributed by atoms with E-state index in [1.807, 2.05) is 61.9 Å². The highest BCUT2D eigenvalue weighted by atomic mass is 32.1. The fourth-order valence-corrected chi connectivity index (χ4v) is 5.02. The van der Waals surface area contributed by atoms with Gasteiger partial charge in [0.2, 0.25) is 0 Å². The molecule has 9 heteroatoms. The molecule has 1 saturated heterocycles. The Labute approximate surface area is 216 Å². The van der Waals surface area contributed by atoms with Crippen LogP contribution in [0.1, 0.15) is 40.1 Å². The van der Waals surface area contributed by atoms with E-state index in [2.05, 4.69) is 31.5 Å². The van der Waals surface area contributed by atoms with Crippen LogP contribution in [0.4, 0.5) is 10.5 Å². The third kappa shape index (κ3) is 6.29. The molecule has 1 unspecified atom stereocenters. The van der Waals surface area contributed by atoms with Crippen LogP contribution in [0.2, 0.25) is 0 Å². The number of hydrogen-bond donors (Lipinski definition) is 1. The first-order chi connectivity index (χ1) is 17.5. The fraction of sp³-hybridized carbons (Fsp3) is 0.370. The third-order valence-corrected chi connectivity index (χ3v) is 7.20. The number of nitrogens with one attached hydrogen (secondary N) is 1. The Bertz CT molecular complexity index is 1140. The molecule has 1 aliphatic rings. The number of nitrogens with zero attached hydrogens (tertiary/aromatic N) is 4. The van der Waals surface area contributed by atoms with E-state index in [0.29, 0.717) is 17.8 Å². The maximum atomic E-state index is 12.6. The van der Waals surface area contributed by atoms with Crippen molar-refractivity contribution < 1.29 is 14.3 Å². The zero-order valence-corrected chi connectivity index (χ0v) is 21.8. The highest BCUT2D eigenvalue weighted by Gasteiger charge is 2.27. The van der Waals surface area contributed by atoms with Crippen LogP contribution in [0.15, 0.2) is 59.4 Å². The van der Waals surface area contributed by atoms with E-state index in [4.69, 9.17) is 4.74 Å². The van der Waals surface area contributed by atoms with Gasteiger partial charge in [0.25, 0.3) is 5.91 Å². The Hall–Kier alpha value is -3.27. The number of carbonyl (C=O) groups excluding carboxylic acids is 2. The van der Waals surface area contributed by atoms with Gasteiger partial charge in [-0.25, -0.2) is 9.78 Å². The predicted octanol–water partition coefficient (Wildman–Crippen LogP) is 4.32. The molecule has 1 aromatic heterocycles. The lowest BCUT2D eigenvalue weighted by Gasteiger charge is -2.39. The van der Waals surface area contributed by atoms with E-state index in [9.17, 15) is 9.59 Å². The summed E-state index contributed by atoms with van der Waals surface area (Å²) in [4.78, 5) is 35.4. The molecule has 0 radical (unpaired) electrons. The van der Waals surface area contributed by atoms with Crippen LogP contribution in [0.3, 0.4) is 0 Å². The lowest BCUT2D eigenvalue weighted by Crippen LogP contribution is -2.47. The van der Waals surface area contributed by atoms with Crippen LogP contribution < -0.4 is 5.32 Å². The monoisotopic (exact) mass is 507 g/mol. The molecule has 0 bridgehead atoms. The average Bonchev–Trinajstić information content (AvgIpc) is 3.42. The lowest BCUT2D eigenvalue weighted by atomic mass is 9.95. The summed E-state index contributed by atoms with van der Waals surface area (Å²) in [6, 6.07) is 15.8. The second-order valence-electron chi connectivity index (χ2n) is 8.88. The van der Waals surface area contributed by atoms with E-state index in [-0.39, 0.29) is 11.9 Å². The van der Waals surface area contributed by atoms with Gasteiger partial charge >= 0.3 is 6.09 Å². The first-order valence-corrected chi connectivity index (χ1v) is 13.1. The maximum absolute atomic E-state index is 12.6. The van der Waals surface area contributed by atoms with Crippen molar-refractivity contribution in [3.8, 4) is 0 Å². The van der Waals surface area contributed by atoms with Gasteiger partial charge < -0.3 is 9.64 Å². The zero-order valence-electron chi connectivity index (χ0n) is 21.0. The first-order valence-electron chi connectivity index (χ1n) is 12.1. The predicted molar refractivity (Wildman–Crippen MR) is 142 cm³/mol. The summed E-state index contributed by atoms with van der Waals surface area (Å²) in [6.07, 6.45) is -0.498. The van der Waals surface area contributed by atoms with Gasteiger partial charge in [0.15, 0.2) is 0 Å². The molecule has 1 N–H and O–H groups in total. The van der Waals surface area contributed by atoms with Crippen LogP contribution in [-0.2, 0) is 11.3 Å². The van der Waals surface area contributed by atoms with Crippen molar-refractivity contribution >= 4 is 29.0 Å². The van der Waals surface area contributed by atoms with Crippen LogP contribution in [0, 0.1) is 0 Å². The number of carbonyl (C=O) groups is 2. The molecule has 190 valence electrons. The minimum atomic E-state index is -0.498. The normalized spacial score (nSPS) is 15.3. The molecule has 1 aliphatic heterocycles. The number of benzene rings is 2. The van der Waals surface area contributed by atoms with Gasteiger partial charge in [-0.15, -0.1) is 11.3 Å². The Kier molecular flexibility index (Phi) is 8.69. The number of piperazine rings is 1. The number of anilines is 1. The van der Waals surface area contributed by atoms with Gasteiger partial charge in [0, 0.05) is 62.9 Å². The Balaban J connectivity index is 1.58. The van der Waals surface area contributed by atoms with E-state index < -0.39 is 6.09 Å². The Morgan fingerprint density at radius 3 is 2.50 bits per heavy atom. The molecular formula is C27H33N5O3S. The van der Waals surface area contributed by atoms with Crippen molar-refractivity contribution in [1.82, 2.24) is 19.7 Å². The van der Waals surface area contributed by atoms with E-state index in [1.54, 1.807) is 16.2 Å². The smallest absolute Gasteiger partial charge is 0.411 e. The van der Waals surface area contributed by atoms with Gasteiger partial charge in [-0.05, 0) is 42.3 Å². The highest BCUT2D eigenvalue weighted by Crippen LogP contribution is 2.32. The SMILES string of the molecule is CCN(C)C(=O)c1ccc(C(c2cccc(NC(=O)OC)c2)N2CCN(Cc3cscn3)CC2)cc1. The van der Waals surface area contributed by atoms with Gasteiger partial charge in [-0.1, -0.05) is 24.3 Å². The average molecular weight is 508 g/mol. The molecule has 4 rings (SSSR count). The molecule has 0 aliphatic carbocycles. The number of ether oxygens (including phenoxy) is 1. The Morgan fingerprint density at radius 1 is 1.11 bits per heavy atom. The summed E-state index contributed by atoms with van der Waals surface area (Å²) in [5.74, 6) is 0.0144. The van der Waals surface area contributed by atoms with E-state index in [1.165, 1.54) is 7.11 Å². The number of thiazole rings is 1. The summed E-state index contributed by atoms with van der Waals surface area (Å²) in [7, 11) is 3.16. The van der Waals surface area contributed by atoms with Crippen molar-refractivity contribution in [2.75, 3.05) is 52.2 Å². The maximum Gasteiger partial charge on any atom is 0.411 e. The second kappa shape index (κ2) is 12.1. The summed E-state index contributed by atoms with van der Waals surface area (Å²) in [5, 5.41) is 4.88. The molecular weight excluding hydrogens is 474 g/mol.